The normalized spacial score (nSPS) is 25.0. The molecule has 0 aromatic carbocycles. The van der Waals surface area contributed by atoms with Crippen LogP contribution in [0.15, 0.2) is 0 Å². The average molecular weight is 311 g/mol. The zero-order valence-corrected chi connectivity index (χ0v) is 16.3. The second kappa shape index (κ2) is 7.80. The lowest BCUT2D eigenvalue weighted by molar-refractivity contribution is -0.155. The fourth-order valence-corrected chi connectivity index (χ4v) is 5.47. The highest BCUT2D eigenvalue weighted by Gasteiger charge is 2.45. The number of carbonyl (C=O) groups excluding carboxylic acids is 1. The predicted octanol–water partition coefficient (Wildman–Crippen LogP) is 4.01. The number of esters is 1. The van der Waals surface area contributed by atoms with Gasteiger partial charge < -0.3 is 4.74 Å². The Morgan fingerprint density at radius 3 is 2.24 bits per heavy atom. The van der Waals surface area contributed by atoms with E-state index in [2.05, 4.69) is 13.8 Å². The maximum absolute atomic E-state index is 12.9. The largest absolute Gasteiger partial charge is 0.462 e. The molecule has 2 fully saturated rings. The summed E-state index contributed by atoms with van der Waals surface area (Å²) in [7, 11) is 0.941. The average Bonchev–Trinajstić information content (AvgIpc) is 3.16. The highest BCUT2D eigenvalue weighted by molar-refractivity contribution is 6.27. The highest BCUT2D eigenvalue weighted by atomic mass is 28.1. The van der Waals surface area contributed by atoms with Crippen molar-refractivity contribution < 1.29 is 9.53 Å². The zero-order valence-electron chi connectivity index (χ0n) is 14.3. The maximum Gasteiger partial charge on any atom is 0.308 e. The first-order valence-electron chi connectivity index (χ1n) is 9.32. The first-order chi connectivity index (χ1) is 10.1. The summed E-state index contributed by atoms with van der Waals surface area (Å²) in [5.41, 5.74) is 0. The third-order valence-corrected chi connectivity index (χ3v) is 8.02. The van der Waals surface area contributed by atoms with Gasteiger partial charge in [-0.15, -0.1) is 0 Å². The van der Waals surface area contributed by atoms with Gasteiger partial charge in [0.2, 0.25) is 0 Å². The van der Waals surface area contributed by atoms with E-state index in [4.69, 9.17) is 4.74 Å². The molecule has 2 nitrogen and oxygen atoms in total. The van der Waals surface area contributed by atoms with Gasteiger partial charge >= 0.3 is 5.97 Å². The van der Waals surface area contributed by atoms with Gasteiger partial charge in [-0.3, -0.25) is 4.79 Å². The Kier molecular flexibility index (Phi) is 6.33. The van der Waals surface area contributed by atoms with Crippen molar-refractivity contribution in [1.29, 1.82) is 0 Å². The number of carbonyl (C=O) groups is 1. The summed E-state index contributed by atoms with van der Waals surface area (Å²) in [5.74, 6) is 1.52. The van der Waals surface area contributed by atoms with Crippen LogP contribution < -0.4 is 0 Å². The quantitative estimate of drug-likeness (QED) is 0.524. The van der Waals surface area contributed by atoms with Gasteiger partial charge in [0.25, 0.3) is 0 Å². The van der Waals surface area contributed by atoms with Crippen LogP contribution in [0.2, 0.25) is 5.04 Å². The standard InChI is InChI=1S/C18H34O2Si/c1-3-9-16(14-10-5-6-11-14)18(21,4-2)17(19)20-15-12-7-8-13-15/h14-16H,3-13H2,1-2,21H3. The van der Waals surface area contributed by atoms with Crippen LogP contribution in [-0.4, -0.2) is 22.3 Å². The van der Waals surface area contributed by atoms with Gasteiger partial charge in [-0.2, -0.15) is 0 Å². The predicted molar refractivity (Wildman–Crippen MR) is 91.6 cm³/mol. The van der Waals surface area contributed by atoms with Gasteiger partial charge in [-0.05, 0) is 50.4 Å². The molecule has 3 heteroatoms. The summed E-state index contributed by atoms with van der Waals surface area (Å²) in [6, 6.07) is 0. The van der Waals surface area contributed by atoms with Crippen molar-refractivity contribution >= 4 is 16.2 Å². The Morgan fingerprint density at radius 2 is 1.71 bits per heavy atom. The van der Waals surface area contributed by atoms with E-state index in [1.807, 2.05) is 0 Å². The molecule has 0 heterocycles. The van der Waals surface area contributed by atoms with E-state index in [9.17, 15) is 4.79 Å². The van der Waals surface area contributed by atoms with E-state index in [1.54, 1.807) is 0 Å². The number of hydrogen-bond acceptors (Lipinski definition) is 2. The third-order valence-electron chi connectivity index (χ3n) is 6.16. The Balaban J connectivity index is 2.08. The lowest BCUT2D eigenvalue weighted by atomic mass is 9.75. The maximum atomic E-state index is 12.9. The molecular formula is C18H34O2Si. The Bertz CT molecular complexity index is 332. The SMILES string of the molecule is CCCC(C1CCCC1)C([SiH3])(CC)C(=O)OC1CCCC1. The minimum atomic E-state index is -0.131. The summed E-state index contributed by atoms with van der Waals surface area (Å²) in [5, 5.41) is -0.131. The van der Waals surface area contributed by atoms with Crippen LogP contribution in [-0.2, 0) is 9.53 Å². The lowest BCUT2D eigenvalue weighted by Crippen LogP contribution is -2.38. The summed E-state index contributed by atoms with van der Waals surface area (Å²) in [6.45, 7) is 4.47. The molecule has 0 aromatic rings. The van der Waals surface area contributed by atoms with Gasteiger partial charge in [0.05, 0.1) is 5.04 Å². The third kappa shape index (κ3) is 3.91. The number of ether oxygens (including phenoxy) is 1. The van der Waals surface area contributed by atoms with Crippen molar-refractivity contribution in [2.45, 2.75) is 95.6 Å². The van der Waals surface area contributed by atoms with E-state index < -0.39 is 0 Å². The molecule has 0 aromatic heterocycles. The molecule has 21 heavy (non-hydrogen) atoms. The molecule has 0 saturated heterocycles. The molecule has 0 bridgehead atoms. The molecular weight excluding hydrogens is 276 g/mol. The van der Waals surface area contributed by atoms with Gasteiger partial charge in [0.15, 0.2) is 0 Å². The Labute approximate surface area is 133 Å². The molecule has 2 aliphatic carbocycles. The molecule has 2 aliphatic rings. The fraction of sp³-hybridized carbons (Fsp3) is 0.944. The van der Waals surface area contributed by atoms with Crippen LogP contribution in [0.4, 0.5) is 0 Å². The van der Waals surface area contributed by atoms with Crippen LogP contribution in [0.25, 0.3) is 0 Å². The topological polar surface area (TPSA) is 26.3 Å². The molecule has 2 unspecified atom stereocenters. The monoisotopic (exact) mass is 310 g/mol. The minimum absolute atomic E-state index is 0.131. The van der Waals surface area contributed by atoms with Crippen molar-refractivity contribution in [1.82, 2.24) is 0 Å². The van der Waals surface area contributed by atoms with E-state index in [-0.39, 0.29) is 17.1 Å². The van der Waals surface area contributed by atoms with Gasteiger partial charge in [-0.1, -0.05) is 46.0 Å². The van der Waals surface area contributed by atoms with Crippen molar-refractivity contribution in [3.63, 3.8) is 0 Å². The molecule has 2 rings (SSSR count). The Morgan fingerprint density at radius 1 is 1.14 bits per heavy atom. The van der Waals surface area contributed by atoms with Gasteiger partial charge in [0.1, 0.15) is 6.10 Å². The van der Waals surface area contributed by atoms with Crippen molar-refractivity contribution in [2.24, 2.45) is 11.8 Å². The van der Waals surface area contributed by atoms with Gasteiger partial charge in [-0.25, -0.2) is 0 Å². The zero-order chi connectivity index (χ0) is 15.3. The minimum Gasteiger partial charge on any atom is -0.462 e. The first-order valence-corrected chi connectivity index (χ1v) is 10.3. The smallest absolute Gasteiger partial charge is 0.308 e. The molecule has 0 spiro atoms. The summed E-state index contributed by atoms with van der Waals surface area (Å²) >= 11 is 0. The summed E-state index contributed by atoms with van der Waals surface area (Å²) in [4.78, 5) is 12.9. The van der Waals surface area contributed by atoms with Crippen LogP contribution in [0.5, 0.6) is 0 Å². The van der Waals surface area contributed by atoms with Crippen LogP contribution >= 0.6 is 0 Å². The van der Waals surface area contributed by atoms with Crippen molar-refractivity contribution in [3.8, 4) is 0 Å². The molecule has 0 amide bonds. The number of rotatable bonds is 7. The molecule has 2 saturated carbocycles. The molecule has 2 atom stereocenters. The van der Waals surface area contributed by atoms with Crippen molar-refractivity contribution in [3.05, 3.63) is 0 Å². The van der Waals surface area contributed by atoms with Crippen LogP contribution in [0.3, 0.4) is 0 Å². The van der Waals surface area contributed by atoms with E-state index in [1.165, 1.54) is 51.4 Å². The lowest BCUT2D eigenvalue weighted by Gasteiger charge is -2.39. The molecule has 0 radical (unpaired) electrons. The molecule has 0 N–H and O–H groups in total. The number of hydrogen-bond donors (Lipinski definition) is 0. The second-order valence-electron chi connectivity index (χ2n) is 7.52. The first kappa shape index (κ1) is 17.0. The van der Waals surface area contributed by atoms with E-state index in [0.717, 1.165) is 35.4 Å². The Hall–Kier alpha value is -0.313. The van der Waals surface area contributed by atoms with Crippen LogP contribution in [0, 0.1) is 11.8 Å². The molecule has 0 aliphatic heterocycles. The summed E-state index contributed by atoms with van der Waals surface area (Å²) < 4.78 is 5.95. The van der Waals surface area contributed by atoms with E-state index >= 15 is 0 Å². The molecule has 122 valence electrons. The van der Waals surface area contributed by atoms with Crippen LogP contribution in [0.1, 0.15) is 84.5 Å². The van der Waals surface area contributed by atoms with E-state index in [0.29, 0.717) is 5.92 Å². The second-order valence-corrected chi connectivity index (χ2v) is 9.31. The highest BCUT2D eigenvalue weighted by Crippen LogP contribution is 2.49. The van der Waals surface area contributed by atoms with Crippen molar-refractivity contribution in [2.75, 3.05) is 0 Å². The summed E-state index contributed by atoms with van der Waals surface area (Å²) in [6.07, 6.45) is 13.7. The fourth-order valence-electron chi connectivity index (χ4n) is 4.60. The van der Waals surface area contributed by atoms with Gasteiger partial charge in [0, 0.05) is 10.2 Å².